The summed E-state index contributed by atoms with van der Waals surface area (Å²) in [4.78, 5) is 3.84. The summed E-state index contributed by atoms with van der Waals surface area (Å²) in [6, 6.07) is 5.67. The van der Waals surface area contributed by atoms with Gasteiger partial charge in [0.15, 0.2) is 5.82 Å². The van der Waals surface area contributed by atoms with Gasteiger partial charge in [0.1, 0.15) is 11.6 Å². The molecule has 0 radical (unpaired) electrons. The zero-order chi connectivity index (χ0) is 13.8. The van der Waals surface area contributed by atoms with E-state index in [-0.39, 0.29) is 11.6 Å². The second-order valence-electron chi connectivity index (χ2n) is 4.13. The molecule has 1 heterocycles. The van der Waals surface area contributed by atoms with E-state index in [1.54, 1.807) is 26.1 Å². The molecule has 0 aliphatic carbocycles. The van der Waals surface area contributed by atoms with E-state index >= 15 is 0 Å². The van der Waals surface area contributed by atoms with E-state index < -0.39 is 11.6 Å². The van der Waals surface area contributed by atoms with Crippen LogP contribution in [0.25, 0.3) is 0 Å². The van der Waals surface area contributed by atoms with Gasteiger partial charge in [0.25, 0.3) is 5.88 Å². The number of pyridine rings is 1. The van der Waals surface area contributed by atoms with Gasteiger partial charge in [-0.05, 0) is 31.7 Å². The lowest BCUT2D eigenvalue weighted by Gasteiger charge is -2.10. The molecule has 3 nitrogen and oxygen atoms in total. The van der Waals surface area contributed by atoms with Crippen LogP contribution in [0.3, 0.4) is 0 Å². The Morgan fingerprint density at radius 3 is 2.79 bits per heavy atom. The zero-order valence-electron chi connectivity index (χ0n) is 10.7. The van der Waals surface area contributed by atoms with E-state index in [4.69, 9.17) is 4.74 Å². The second-order valence-corrected chi connectivity index (χ2v) is 4.13. The average molecular weight is 264 g/mol. The molecule has 19 heavy (non-hydrogen) atoms. The van der Waals surface area contributed by atoms with E-state index in [1.807, 2.05) is 0 Å². The molecule has 100 valence electrons. The molecule has 0 atom stereocenters. The molecule has 0 amide bonds. The lowest BCUT2D eigenvalue weighted by molar-refractivity contribution is 0.413. The molecule has 2 rings (SSSR count). The zero-order valence-corrected chi connectivity index (χ0v) is 10.7. The van der Waals surface area contributed by atoms with Gasteiger partial charge < -0.3 is 10.1 Å². The van der Waals surface area contributed by atoms with Gasteiger partial charge in [0, 0.05) is 24.4 Å². The first-order chi connectivity index (χ1) is 9.11. The molecule has 5 heteroatoms. The van der Waals surface area contributed by atoms with Crippen LogP contribution in [0, 0.1) is 18.6 Å². The van der Waals surface area contributed by atoms with Crippen LogP contribution in [-0.2, 0) is 6.54 Å². The SMILES string of the molecule is CNCc1ccnc(Oc2cc(F)ccc2C)c1F. The summed E-state index contributed by atoms with van der Waals surface area (Å²) in [5, 5.41) is 2.85. The van der Waals surface area contributed by atoms with Crippen LogP contribution in [0.2, 0.25) is 0 Å². The lowest BCUT2D eigenvalue weighted by Crippen LogP contribution is -2.08. The highest BCUT2D eigenvalue weighted by Gasteiger charge is 2.12. The third-order valence-electron chi connectivity index (χ3n) is 2.66. The van der Waals surface area contributed by atoms with Gasteiger partial charge in [0.05, 0.1) is 0 Å². The standard InChI is InChI=1S/C14H14F2N2O/c1-9-3-4-11(15)7-12(9)19-14-13(16)10(8-17-2)5-6-18-14/h3-7,17H,8H2,1-2H3. The van der Waals surface area contributed by atoms with Crippen LogP contribution < -0.4 is 10.1 Å². The van der Waals surface area contributed by atoms with Gasteiger partial charge in [-0.15, -0.1) is 0 Å². The Kier molecular flexibility index (Phi) is 4.06. The molecule has 0 bridgehead atoms. The fourth-order valence-electron chi connectivity index (χ4n) is 1.65. The summed E-state index contributed by atoms with van der Waals surface area (Å²) >= 11 is 0. The maximum atomic E-state index is 14.1. The summed E-state index contributed by atoms with van der Waals surface area (Å²) < 4.78 is 32.6. The first-order valence-corrected chi connectivity index (χ1v) is 5.84. The number of nitrogens with one attached hydrogen (secondary N) is 1. The predicted molar refractivity (Wildman–Crippen MR) is 68.2 cm³/mol. The number of ether oxygens (including phenoxy) is 1. The summed E-state index contributed by atoms with van der Waals surface area (Å²) in [6.07, 6.45) is 1.46. The minimum absolute atomic E-state index is 0.151. The van der Waals surface area contributed by atoms with Crippen molar-refractivity contribution in [2.45, 2.75) is 13.5 Å². The third-order valence-corrected chi connectivity index (χ3v) is 2.66. The Morgan fingerprint density at radius 2 is 2.05 bits per heavy atom. The van der Waals surface area contributed by atoms with Gasteiger partial charge in [-0.25, -0.2) is 13.8 Å². The Hall–Kier alpha value is -2.01. The number of hydrogen-bond donors (Lipinski definition) is 1. The minimum atomic E-state index is -0.541. The second kappa shape index (κ2) is 5.75. The van der Waals surface area contributed by atoms with Crippen molar-refractivity contribution >= 4 is 0 Å². The van der Waals surface area contributed by atoms with E-state index in [9.17, 15) is 8.78 Å². The first-order valence-electron chi connectivity index (χ1n) is 5.84. The number of aryl methyl sites for hydroxylation is 1. The van der Waals surface area contributed by atoms with Gasteiger partial charge in [-0.1, -0.05) is 6.07 Å². The van der Waals surface area contributed by atoms with Crippen molar-refractivity contribution in [1.29, 1.82) is 0 Å². The highest BCUT2D eigenvalue weighted by atomic mass is 19.1. The number of aromatic nitrogens is 1. The lowest BCUT2D eigenvalue weighted by atomic mass is 10.2. The molecule has 1 aromatic carbocycles. The summed E-state index contributed by atoms with van der Waals surface area (Å²) in [5.74, 6) is -0.873. The van der Waals surface area contributed by atoms with Crippen LogP contribution in [0.1, 0.15) is 11.1 Å². The average Bonchev–Trinajstić information content (AvgIpc) is 2.39. The molecule has 1 aromatic heterocycles. The highest BCUT2D eigenvalue weighted by Crippen LogP contribution is 2.27. The number of benzene rings is 1. The predicted octanol–water partition coefficient (Wildman–Crippen LogP) is 3.18. The number of hydrogen-bond acceptors (Lipinski definition) is 3. The molecule has 0 aliphatic rings. The highest BCUT2D eigenvalue weighted by molar-refractivity contribution is 5.36. The molecule has 0 unspecified atom stereocenters. The topological polar surface area (TPSA) is 34.2 Å². The molecule has 0 spiro atoms. The van der Waals surface area contributed by atoms with E-state index in [1.165, 1.54) is 18.3 Å². The van der Waals surface area contributed by atoms with E-state index in [0.29, 0.717) is 17.7 Å². The molecule has 2 aromatic rings. The van der Waals surface area contributed by atoms with Crippen molar-refractivity contribution in [2.75, 3.05) is 7.05 Å². The Labute approximate surface area is 110 Å². The van der Waals surface area contributed by atoms with E-state index in [2.05, 4.69) is 10.3 Å². The molecule has 0 fully saturated rings. The van der Waals surface area contributed by atoms with Crippen LogP contribution in [-0.4, -0.2) is 12.0 Å². The van der Waals surface area contributed by atoms with Crippen molar-refractivity contribution in [2.24, 2.45) is 0 Å². The van der Waals surface area contributed by atoms with Crippen LogP contribution >= 0.6 is 0 Å². The van der Waals surface area contributed by atoms with Crippen molar-refractivity contribution in [1.82, 2.24) is 10.3 Å². The smallest absolute Gasteiger partial charge is 0.256 e. The monoisotopic (exact) mass is 264 g/mol. The van der Waals surface area contributed by atoms with E-state index in [0.717, 1.165) is 0 Å². The Balaban J connectivity index is 2.33. The van der Waals surface area contributed by atoms with Gasteiger partial charge in [-0.3, -0.25) is 0 Å². The Bertz CT molecular complexity index is 588. The summed E-state index contributed by atoms with van der Waals surface area (Å²) in [5.41, 5.74) is 1.16. The van der Waals surface area contributed by atoms with Crippen LogP contribution in [0.15, 0.2) is 30.5 Å². The molecule has 0 aliphatic heterocycles. The van der Waals surface area contributed by atoms with Gasteiger partial charge in [-0.2, -0.15) is 0 Å². The third kappa shape index (κ3) is 3.06. The normalized spacial score (nSPS) is 10.5. The van der Waals surface area contributed by atoms with Crippen molar-refractivity contribution in [3.8, 4) is 11.6 Å². The van der Waals surface area contributed by atoms with Crippen molar-refractivity contribution < 1.29 is 13.5 Å². The fourth-order valence-corrected chi connectivity index (χ4v) is 1.65. The number of rotatable bonds is 4. The number of halogens is 2. The van der Waals surface area contributed by atoms with Crippen molar-refractivity contribution in [3.05, 3.63) is 53.2 Å². The summed E-state index contributed by atoms with van der Waals surface area (Å²) in [6.45, 7) is 2.12. The van der Waals surface area contributed by atoms with Gasteiger partial charge >= 0.3 is 0 Å². The van der Waals surface area contributed by atoms with Gasteiger partial charge in [0.2, 0.25) is 0 Å². The van der Waals surface area contributed by atoms with Crippen LogP contribution in [0.4, 0.5) is 8.78 Å². The molecule has 0 saturated heterocycles. The minimum Gasteiger partial charge on any atom is -0.436 e. The number of nitrogens with zero attached hydrogens (tertiary/aromatic N) is 1. The molecule has 1 N–H and O–H groups in total. The molecular weight excluding hydrogens is 250 g/mol. The largest absolute Gasteiger partial charge is 0.436 e. The Morgan fingerprint density at radius 1 is 1.26 bits per heavy atom. The first kappa shape index (κ1) is 13.4. The molecule has 0 saturated carbocycles. The maximum absolute atomic E-state index is 14.1. The molecular formula is C14H14F2N2O. The quantitative estimate of drug-likeness (QED) is 0.921. The fraction of sp³-hybridized carbons (Fsp3) is 0.214. The van der Waals surface area contributed by atoms with Crippen LogP contribution in [0.5, 0.6) is 11.6 Å². The van der Waals surface area contributed by atoms with Crippen molar-refractivity contribution in [3.63, 3.8) is 0 Å². The maximum Gasteiger partial charge on any atom is 0.256 e. The summed E-state index contributed by atoms with van der Waals surface area (Å²) in [7, 11) is 1.72.